The zero-order valence-corrected chi connectivity index (χ0v) is 19.9. The number of fused-ring (bicyclic) bond motifs is 1. The fourth-order valence-corrected chi connectivity index (χ4v) is 5.72. The molecule has 0 aliphatic carbocycles. The summed E-state index contributed by atoms with van der Waals surface area (Å²) in [5.74, 6) is -0.0552. The Balaban J connectivity index is 1.43. The number of rotatable bonds is 5. The van der Waals surface area contributed by atoms with Gasteiger partial charge in [0.05, 0.1) is 10.6 Å². The molecule has 1 N–H and O–H groups in total. The van der Waals surface area contributed by atoms with Crippen molar-refractivity contribution in [3.05, 3.63) is 48.0 Å². The Hall–Kier alpha value is -2.91. The van der Waals surface area contributed by atoms with Crippen molar-refractivity contribution >= 4 is 33.2 Å². The lowest BCUT2D eigenvalue weighted by Crippen LogP contribution is -2.43. The normalized spacial score (nSPS) is 19.4. The van der Waals surface area contributed by atoms with E-state index in [9.17, 15) is 18.0 Å². The molecule has 2 aromatic carbocycles. The third-order valence-corrected chi connectivity index (χ3v) is 8.23. The van der Waals surface area contributed by atoms with Crippen LogP contribution in [0.25, 0.3) is 0 Å². The molecule has 2 aliphatic heterocycles. The number of amides is 2. The molecule has 4 rings (SSSR count). The molecule has 2 aromatic rings. The summed E-state index contributed by atoms with van der Waals surface area (Å²) in [6.07, 6.45) is 0.863. The van der Waals surface area contributed by atoms with Crippen LogP contribution < -0.4 is 15.0 Å². The molecule has 0 bridgehead atoms. The minimum Gasteiger partial charge on any atom is -0.478 e. The van der Waals surface area contributed by atoms with Crippen molar-refractivity contribution in [3.63, 3.8) is 0 Å². The highest BCUT2D eigenvalue weighted by Crippen LogP contribution is 2.34. The highest BCUT2D eigenvalue weighted by atomic mass is 32.2. The maximum absolute atomic E-state index is 13.2. The first kappa shape index (κ1) is 23.3. The van der Waals surface area contributed by atoms with Gasteiger partial charge in [0, 0.05) is 31.7 Å². The van der Waals surface area contributed by atoms with E-state index in [1.54, 1.807) is 18.0 Å². The smallest absolute Gasteiger partial charge is 0.265 e. The number of hydrogen-bond acceptors (Lipinski definition) is 5. The second-order valence-electron chi connectivity index (χ2n) is 8.57. The average Bonchev–Trinajstić information content (AvgIpc) is 2.82. The summed E-state index contributed by atoms with van der Waals surface area (Å²) in [7, 11) is -2.00. The first-order valence-corrected chi connectivity index (χ1v) is 12.6. The topological polar surface area (TPSA) is 96.0 Å². The molecule has 33 heavy (non-hydrogen) atoms. The first-order chi connectivity index (χ1) is 15.7. The lowest BCUT2D eigenvalue weighted by Gasteiger charge is -2.33. The summed E-state index contributed by atoms with van der Waals surface area (Å²) < 4.78 is 33.5. The van der Waals surface area contributed by atoms with E-state index in [2.05, 4.69) is 5.32 Å². The van der Waals surface area contributed by atoms with Crippen molar-refractivity contribution in [2.24, 2.45) is 5.92 Å². The Morgan fingerprint density at radius 3 is 2.45 bits per heavy atom. The van der Waals surface area contributed by atoms with Crippen LogP contribution in [0.4, 0.5) is 11.4 Å². The molecule has 176 valence electrons. The predicted molar refractivity (Wildman–Crippen MR) is 126 cm³/mol. The van der Waals surface area contributed by atoms with E-state index in [-0.39, 0.29) is 35.7 Å². The zero-order valence-electron chi connectivity index (χ0n) is 19.1. The number of anilines is 2. The molecule has 2 amide bonds. The number of nitrogens with one attached hydrogen (secondary N) is 1. The van der Waals surface area contributed by atoms with Crippen LogP contribution in [0.15, 0.2) is 47.4 Å². The minimum atomic E-state index is -3.76. The van der Waals surface area contributed by atoms with E-state index in [0.29, 0.717) is 30.7 Å². The van der Waals surface area contributed by atoms with Crippen LogP contribution in [0.2, 0.25) is 0 Å². The van der Waals surface area contributed by atoms with Crippen LogP contribution in [-0.4, -0.2) is 50.8 Å². The second kappa shape index (κ2) is 9.15. The van der Waals surface area contributed by atoms with Gasteiger partial charge in [-0.1, -0.05) is 24.6 Å². The van der Waals surface area contributed by atoms with Crippen molar-refractivity contribution in [2.45, 2.75) is 44.1 Å². The lowest BCUT2D eigenvalue weighted by molar-refractivity contribution is -0.124. The van der Waals surface area contributed by atoms with Gasteiger partial charge in [-0.05, 0) is 56.5 Å². The molecule has 1 fully saturated rings. The molecule has 0 unspecified atom stereocenters. The number of sulfonamides is 1. The predicted octanol–water partition coefficient (Wildman–Crippen LogP) is 3.17. The Morgan fingerprint density at radius 2 is 1.82 bits per heavy atom. The van der Waals surface area contributed by atoms with Gasteiger partial charge in [-0.25, -0.2) is 8.42 Å². The van der Waals surface area contributed by atoms with Gasteiger partial charge in [-0.2, -0.15) is 4.31 Å². The maximum Gasteiger partial charge on any atom is 0.265 e. The standard InChI is InChI=1S/C24H29N3O5S/c1-4-21-23(28)25-20-15-19(9-10-22(20)32-21)33(30,31)27-13-11-17(12-14-27)24(29)26(3)18-7-5-16(2)6-8-18/h5-10,15,17,21H,4,11-14H2,1-3H3,(H,25,28)/t21-/m1/s1. The van der Waals surface area contributed by atoms with E-state index >= 15 is 0 Å². The Kier molecular flexibility index (Phi) is 6.45. The Bertz CT molecular complexity index is 1160. The van der Waals surface area contributed by atoms with Crippen molar-refractivity contribution in [3.8, 4) is 5.75 Å². The van der Waals surface area contributed by atoms with Crippen molar-refractivity contribution in [1.29, 1.82) is 0 Å². The Morgan fingerprint density at radius 1 is 1.15 bits per heavy atom. The minimum absolute atomic E-state index is 0.00461. The van der Waals surface area contributed by atoms with Crippen LogP contribution in [0.5, 0.6) is 5.75 Å². The van der Waals surface area contributed by atoms with Crippen LogP contribution >= 0.6 is 0 Å². The monoisotopic (exact) mass is 471 g/mol. The van der Waals surface area contributed by atoms with Gasteiger partial charge in [0.1, 0.15) is 5.75 Å². The van der Waals surface area contributed by atoms with E-state index in [1.807, 2.05) is 38.1 Å². The molecule has 0 aromatic heterocycles. The molecule has 0 radical (unpaired) electrons. The molecule has 8 nitrogen and oxygen atoms in total. The van der Waals surface area contributed by atoms with Gasteiger partial charge in [0.25, 0.3) is 5.91 Å². The van der Waals surface area contributed by atoms with Gasteiger partial charge < -0.3 is 15.0 Å². The summed E-state index contributed by atoms with van der Waals surface area (Å²) in [5.41, 5.74) is 2.30. The number of ether oxygens (including phenoxy) is 1. The summed E-state index contributed by atoms with van der Waals surface area (Å²) in [6, 6.07) is 12.3. The summed E-state index contributed by atoms with van der Waals surface area (Å²) in [4.78, 5) is 26.8. The SMILES string of the molecule is CC[C@H]1Oc2ccc(S(=O)(=O)N3CCC(C(=O)N(C)c4ccc(C)cc4)CC3)cc2NC1=O. The molecule has 1 saturated heterocycles. The third kappa shape index (κ3) is 4.60. The molecule has 0 saturated carbocycles. The summed E-state index contributed by atoms with van der Waals surface area (Å²) >= 11 is 0. The number of aryl methyl sites for hydroxylation is 1. The number of carbonyl (C=O) groups excluding carboxylic acids is 2. The van der Waals surface area contributed by atoms with E-state index in [4.69, 9.17) is 4.74 Å². The fraction of sp³-hybridized carbons (Fsp3) is 0.417. The quantitative estimate of drug-likeness (QED) is 0.723. The van der Waals surface area contributed by atoms with Gasteiger partial charge in [0.15, 0.2) is 6.10 Å². The first-order valence-electron chi connectivity index (χ1n) is 11.2. The van der Waals surface area contributed by atoms with Crippen molar-refractivity contribution < 1.29 is 22.7 Å². The second-order valence-corrected chi connectivity index (χ2v) is 10.5. The molecular weight excluding hydrogens is 442 g/mol. The largest absolute Gasteiger partial charge is 0.478 e. The van der Waals surface area contributed by atoms with Gasteiger partial charge in [-0.3, -0.25) is 9.59 Å². The number of nitrogens with zero attached hydrogens (tertiary/aromatic N) is 2. The van der Waals surface area contributed by atoms with Crippen molar-refractivity contribution in [1.82, 2.24) is 4.31 Å². The summed E-state index contributed by atoms with van der Waals surface area (Å²) in [5, 5.41) is 2.73. The Labute approximate surface area is 194 Å². The van der Waals surface area contributed by atoms with Crippen molar-refractivity contribution in [2.75, 3.05) is 30.4 Å². The van der Waals surface area contributed by atoms with Gasteiger partial charge in [-0.15, -0.1) is 0 Å². The van der Waals surface area contributed by atoms with Gasteiger partial charge in [0.2, 0.25) is 15.9 Å². The van der Waals surface area contributed by atoms with E-state index < -0.39 is 16.1 Å². The van der Waals surface area contributed by atoms with Crippen LogP contribution in [0, 0.1) is 12.8 Å². The molecule has 9 heteroatoms. The van der Waals surface area contributed by atoms with Crippen LogP contribution in [0.3, 0.4) is 0 Å². The highest BCUT2D eigenvalue weighted by molar-refractivity contribution is 7.89. The van der Waals surface area contributed by atoms with E-state index in [0.717, 1.165) is 11.3 Å². The summed E-state index contributed by atoms with van der Waals surface area (Å²) in [6.45, 7) is 4.37. The average molecular weight is 472 g/mol. The fourth-order valence-electron chi connectivity index (χ4n) is 4.22. The van der Waals surface area contributed by atoms with E-state index in [1.165, 1.54) is 16.4 Å². The molecule has 1 atom stereocenters. The number of piperidine rings is 1. The van der Waals surface area contributed by atoms with Gasteiger partial charge >= 0.3 is 0 Å². The lowest BCUT2D eigenvalue weighted by atomic mass is 9.96. The molecule has 2 aliphatic rings. The molecule has 2 heterocycles. The van der Waals surface area contributed by atoms with Crippen LogP contribution in [-0.2, 0) is 19.6 Å². The number of hydrogen-bond donors (Lipinski definition) is 1. The highest BCUT2D eigenvalue weighted by Gasteiger charge is 2.34. The van der Waals surface area contributed by atoms with Crippen LogP contribution in [0.1, 0.15) is 31.7 Å². The third-order valence-electron chi connectivity index (χ3n) is 6.33. The zero-order chi connectivity index (χ0) is 23.8. The molecular formula is C24H29N3O5S. The molecule has 0 spiro atoms. The number of carbonyl (C=O) groups is 2. The number of benzene rings is 2. The maximum atomic E-state index is 13.2.